The molecule has 0 spiro atoms. The summed E-state index contributed by atoms with van der Waals surface area (Å²) >= 11 is 0. The highest BCUT2D eigenvalue weighted by Gasteiger charge is 2.38. The summed E-state index contributed by atoms with van der Waals surface area (Å²) < 4.78 is 15.4. The molecule has 0 fully saturated rings. The summed E-state index contributed by atoms with van der Waals surface area (Å²) in [6, 6.07) is 4.26. The van der Waals surface area contributed by atoms with Gasteiger partial charge in [0.25, 0.3) is 0 Å². The molecule has 0 saturated carbocycles. The largest absolute Gasteiger partial charge is 0.468 e. The highest BCUT2D eigenvalue weighted by atomic mass is 16.7. The third kappa shape index (κ3) is 2.31. The second kappa shape index (κ2) is 5.08. The number of amides is 2. The summed E-state index contributed by atoms with van der Waals surface area (Å²) in [5, 5.41) is 2.70. The lowest BCUT2D eigenvalue weighted by Crippen LogP contribution is -2.44. The lowest BCUT2D eigenvalue weighted by molar-refractivity contribution is -0.143. The molecule has 110 valence electrons. The van der Waals surface area contributed by atoms with Gasteiger partial charge in [-0.25, -0.2) is 9.79 Å². The van der Waals surface area contributed by atoms with Gasteiger partial charge in [0.2, 0.25) is 6.79 Å². The van der Waals surface area contributed by atoms with Gasteiger partial charge in [-0.3, -0.25) is 4.79 Å². The van der Waals surface area contributed by atoms with Crippen molar-refractivity contribution in [3.05, 3.63) is 23.8 Å². The lowest BCUT2D eigenvalue weighted by atomic mass is 9.88. The number of carbonyl (C=O) groups is 2. The second-order valence-electron chi connectivity index (χ2n) is 4.79. The number of hydrogen-bond acceptors (Lipinski definition) is 5. The molecule has 1 aromatic rings. The van der Waals surface area contributed by atoms with Crippen LogP contribution in [-0.2, 0) is 9.53 Å². The standard InChI is InChI=1S/C14H14N2O5/c1-7-11(13(17)19-2)12(16-14(18)15-7)8-3-4-9-10(5-8)21-6-20-9/h3-5,11-12H,6H2,1-2H3,(H,16,18). The van der Waals surface area contributed by atoms with Crippen LogP contribution in [0.15, 0.2) is 23.2 Å². The van der Waals surface area contributed by atoms with E-state index in [0.717, 1.165) is 5.56 Å². The van der Waals surface area contributed by atoms with E-state index in [4.69, 9.17) is 14.2 Å². The average molecular weight is 290 g/mol. The van der Waals surface area contributed by atoms with Crippen LogP contribution in [0.3, 0.4) is 0 Å². The Labute approximate surface area is 120 Å². The van der Waals surface area contributed by atoms with E-state index >= 15 is 0 Å². The van der Waals surface area contributed by atoms with E-state index in [2.05, 4.69) is 10.3 Å². The summed E-state index contributed by atoms with van der Waals surface area (Å²) in [5.74, 6) is 0.124. The molecular weight excluding hydrogens is 276 g/mol. The van der Waals surface area contributed by atoms with Crippen LogP contribution in [-0.4, -0.2) is 31.6 Å². The van der Waals surface area contributed by atoms with Crippen molar-refractivity contribution < 1.29 is 23.8 Å². The Morgan fingerprint density at radius 3 is 2.90 bits per heavy atom. The molecule has 1 aromatic carbocycles. The molecule has 0 bridgehead atoms. The molecule has 1 N–H and O–H groups in total. The van der Waals surface area contributed by atoms with Crippen molar-refractivity contribution in [2.24, 2.45) is 10.9 Å². The lowest BCUT2D eigenvalue weighted by Gasteiger charge is -2.29. The van der Waals surface area contributed by atoms with Gasteiger partial charge in [-0.05, 0) is 24.6 Å². The summed E-state index contributed by atoms with van der Waals surface area (Å²) in [4.78, 5) is 27.4. The number of ether oxygens (including phenoxy) is 3. The van der Waals surface area contributed by atoms with Gasteiger partial charge in [0.1, 0.15) is 5.92 Å². The van der Waals surface area contributed by atoms with Crippen LogP contribution < -0.4 is 14.8 Å². The Balaban J connectivity index is 2.00. The molecule has 2 amide bonds. The quantitative estimate of drug-likeness (QED) is 0.833. The second-order valence-corrected chi connectivity index (χ2v) is 4.79. The summed E-state index contributed by atoms with van der Waals surface area (Å²) in [6.07, 6.45) is 0. The molecule has 2 atom stereocenters. The van der Waals surface area contributed by atoms with E-state index < -0.39 is 24.0 Å². The number of fused-ring (bicyclic) bond motifs is 1. The first-order chi connectivity index (χ1) is 10.1. The molecule has 7 nitrogen and oxygen atoms in total. The van der Waals surface area contributed by atoms with E-state index in [1.165, 1.54) is 7.11 Å². The minimum Gasteiger partial charge on any atom is -0.468 e. The smallest absolute Gasteiger partial charge is 0.341 e. The van der Waals surface area contributed by atoms with Gasteiger partial charge < -0.3 is 19.5 Å². The fourth-order valence-electron chi connectivity index (χ4n) is 2.54. The van der Waals surface area contributed by atoms with Crippen LogP contribution in [0.5, 0.6) is 11.5 Å². The van der Waals surface area contributed by atoms with Crippen LogP contribution in [0, 0.1) is 5.92 Å². The van der Waals surface area contributed by atoms with Gasteiger partial charge in [0.05, 0.1) is 13.2 Å². The molecule has 2 aliphatic heterocycles. The minimum absolute atomic E-state index is 0.163. The van der Waals surface area contributed by atoms with Crippen LogP contribution >= 0.6 is 0 Å². The molecule has 2 aliphatic rings. The topological polar surface area (TPSA) is 86.2 Å². The van der Waals surface area contributed by atoms with Crippen molar-refractivity contribution in [2.75, 3.05) is 13.9 Å². The van der Waals surface area contributed by atoms with Gasteiger partial charge in [-0.15, -0.1) is 0 Å². The fraction of sp³-hybridized carbons (Fsp3) is 0.357. The maximum absolute atomic E-state index is 12.0. The van der Waals surface area contributed by atoms with E-state index in [0.29, 0.717) is 17.2 Å². The zero-order chi connectivity index (χ0) is 15.0. The van der Waals surface area contributed by atoms with Crippen molar-refractivity contribution in [3.8, 4) is 11.5 Å². The number of esters is 1. The number of hydrogen-bond donors (Lipinski definition) is 1. The molecule has 3 rings (SSSR count). The fourth-order valence-corrected chi connectivity index (χ4v) is 2.54. The molecule has 0 aliphatic carbocycles. The number of benzene rings is 1. The Bertz CT molecular complexity index is 640. The highest BCUT2D eigenvalue weighted by Crippen LogP contribution is 2.37. The molecule has 0 aromatic heterocycles. The SMILES string of the molecule is COC(=O)C1C(C)=NC(=O)NC1c1ccc2c(c1)OCO2. The third-order valence-corrected chi connectivity index (χ3v) is 3.55. The highest BCUT2D eigenvalue weighted by molar-refractivity contribution is 6.08. The van der Waals surface area contributed by atoms with E-state index in [-0.39, 0.29) is 6.79 Å². The van der Waals surface area contributed by atoms with Gasteiger partial charge in [-0.1, -0.05) is 6.07 Å². The normalized spacial score (nSPS) is 23.3. The van der Waals surface area contributed by atoms with Crippen molar-refractivity contribution in [2.45, 2.75) is 13.0 Å². The van der Waals surface area contributed by atoms with Crippen molar-refractivity contribution in [3.63, 3.8) is 0 Å². The minimum atomic E-state index is -0.659. The van der Waals surface area contributed by atoms with E-state index in [1.54, 1.807) is 25.1 Å². The van der Waals surface area contributed by atoms with Crippen molar-refractivity contribution in [1.29, 1.82) is 0 Å². The van der Waals surface area contributed by atoms with E-state index in [1.807, 2.05) is 0 Å². The number of nitrogens with zero attached hydrogens (tertiary/aromatic N) is 1. The predicted octanol–water partition coefficient (Wildman–Crippen LogP) is 1.43. The number of methoxy groups -OCH3 is 1. The predicted molar refractivity (Wildman–Crippen MR) is 72.5 cm³/mol. The Hall–Kier alpha value is -2.57. The molecule has 2 heterocycles. The average Bonchev–Trinajstić information content (AvgIpc) is 2.93. The molecule has 0 radical (unpaired) electrons. The summed E-state index contributed by atoms with van der Waals surface area (Å²) in [6.45, 7) is 1.80. The molecule has 0 saturated heterocycles. The molecule has 7 heteroatoms. The van der Waals surface area contributed by atoms with E-state index in [9.17, 15) is 9.59 Å². The maximum Gasteiger partial charge on any atom is 0.341 e. The number of nitrogens with one attached hydrogen (secondary N) is 1. The summed E-state index contributed by atoms with van der Waals surface area (Å²) in [5.41, 5.74) is 1.16. The number of carbonyl (C=O) groups excluding carboxylic acids is 2. The van der Waals surface area contributed by atoms with Crippen LogP contribution in [0.2, 0.25) is 0 Å². The number of urea groups is 1. The Morgan fingerprint density at radius 2 is 2.14 bits per heavy atom. The zero-order valence-corrected chi connectivity index (χ0v) is 11.6. The van der Waals surface area contributed by atoms with Crippen LogP contribution in [0.25, 0.3) is 0 Å². The summed E-state index contributed by atoms with van der Waals surface area (Å²) in [7, 11) is 1.31. The van der Waals surface area contributed by atoms with Crippen LogP contribution in [0.4, 0.5) is 4.79 Å². The number of rotatable bonds is 2. The van der Waals surface area contributed by atoms with Gasteiger partial charge >= 0.3 is 12.0 Å². The molecule has 21 heavy (non-hydrogen) atoms. The van der Waals surface area contributed by atoms with Gasteiger partial charge in [0, 0.05) is 5.71 Å². The first-order valence-electron chi connectivity index (χ1n) is 6.43. The first-order valence-corrected chi connectivity index (χ1v) is 6.43. The molecule has 2 unspecified atom stereocenters. The van der Waals surface area contributed by atoms with Crippen molar-refractivity contribution in [1.82, 2.24) is 5.32 Å². The van der Waals surface area contributed by atoms with Crippen LogP contribution in [0.1, 0.15) is 18.5 Å². The van der Waals surface area contributed by atoms with Gasteiger partial charge in [0.15, 0.2) is 11.5 Å². The van der Waals surface area contributed by atoms with Crippen molar-refractivity contribution >= 4 is 17.7 Å². The zero-order valence-electron chi connectivity index (χ0n) is 11.6. The molecular formula is C14H14N2O5. The van der Waals surface area contributed by atoms with Gasteiger partial charge in [-0.2, -0.15) is 0 Å². The first kappa shape index (κ1) is 13.4. The number of aliphatic imine (C=N–C) groups is 1. The maximum atomic E-state index is 12.0. The Morgan fingerprint density at radius 1 is 1.38 bits per heavy atom. The monoisotopic (exact) mass is 290 g/mol. The Kier molecular flexibility index (Phi) is 3.25. The third-order valence-electron chi connectivity index (χ3n) is 3.55.